The Hall–Kier alpha value is -1.42. The molecule has 1 aromatic carbocycles. The van der Waals surface area contributed by atoms with Crippen molar-refractivity contribution in [1.29, 1.82) is 0 Å². The van der Waals surface area contributed by atoms with E-state index in [0.29, 0.717) is 6.61 Å². The number of hydrogen-bond donors (Lipinski definition) is 1. The van der Waals surface area contributed by atoms with Crippen molar-refractivity contribution < 1.29 is 13.5 Å². The molecule has 0 saturated heterocycles. The molecule has 0 aliphatic carbocycles. The molecule has 0 bridgehead atoms. The maximum Gasteiger partial charge on any atom is 0.200 e. The van der Waals surface area contributed by atoms with E-state index in [4.69, 9.17) is 4.74 Å². The number of rotatable bonds is 3. The first-order valence-corrected chi connectivity index (χ1v) is 5.23. The summed E-state index contributed by atoms with van der Waals surface area (Å²) in [5.74, 6) is -1.83. The van der Waals surface area contributed by atoms with E-state index in [1.165, 1.54) is 12.1 Å². The molecule has 2 nitrogen and oxygen atoms in total. The van der Waals surface area contributed by atoms with Crippen molar-refractivity contribution in [2.75, 3.05) is 19.7 Å². The Bertz CT molecular complexity index is 404. The number of nitrogens with one attached hydrogen (secondary N) is 1. The van der Waals surface area contributed by atoms with Gasteiger partial charge in [-0.3, -0.25) is 0 Å². The molecule has 1 aromatic rings. The van der Waals surface area contributed by atoms with Crippen LogP contribution in [0.2, 0.25) is 0 Å². The molecule has 0 aromatic heterocycles. The zero-order valence-corrected chi connectivity index (χ0v) is 8.80. The van der Waals surface area contributed by atoms with E-state index in [0.717, 1.165) is 31.1 Å². The van der Waals surface area contributed by atoms with Crippen molar-refractivity contribution in [3.8, 4) is 5.75 Å². The standard InChI is InChI=1S/C12H13F2NO/c13-10-2-1-3-11(12(10)14)16-8-9-4-6-15-7-5-9/h1-4,15H,5-8H2. The van der Waals surface area contributed by atoms with Gasteiger partial charge in [0.2, 0.25) is 5.82 Å². The van der Waals surface area contributed by atoms with Gasteiger partial charge in [0.1, 0.15) is 6.61 Å². The average Bonchev–Trinajstić information content (AvgIpc) is 2.32. The highest BCUT2D eigenvalue weighted by molar-refractivity contribution is 5.25. The van der Waals surface area contributed by atoms with Crippen molar-refractivity contribution >= 4 is 0 Å². The molecule has 1 heterocycles. The van der Waals surface area contributed by atoms with Crippen LogP contribution in [0.5, 0.6) is 5.75 Å². The molecule has 0 saturated carbocycles. The van der Waals surface area contributed by atoms with Crippen molar-refractivity contribution in [3.05, 3.63) is 41.5 Å². The summed E-state index contributed by atoms with van der Waals surface area (Å²) >= 11 is 0. The lowest BCUT2D eigenvalue weighted by molar-refractivity contribution is 0.318. The molecule has 0 fully saturated rings. The average molecular weight is 225 g/mol. The molecule has 2 rings (SSSR count). The summed E-state index contributed by atoms with van der Waals surface area (Å²) < 4.78 is 31.3. The van der Waals surface area contributed by atoms with Gasteiger partial charge in [-0.1, -0.05) is 12.1 Å². The molecule has 1 N–H and O–H groups in total. The topological polar surface area (TPSA) is 21.3 Å². The summed E-state index contributed by atoms with van der Waals surface area (Å²) in [6.07, 6.45) is 2.90. The first-order valence-electron chi connectivity index (χ1n) is 5.23. The molecule has 0 amide bonds. The van der Waals surface area contributed by atoms with Gasteiger partial charge >= 0.3 is 0 Å². The molecule has 0 radical (unpaired) electrons. The van der Waals surface area contributed by atoms with Crippen molar-refractivity contribution in [3.63, 3.8) is 0 Å². The van der Waals surface area contributed by atoms with E-state index in [9.17, 15) is 8.78 Å². The van der Waals surface area contributed by atoms with Gasteiger partial charge in [0, 0.05) is 6.54 Å². The third-order valence-electron chi connectivity index (χ3n) is 2.49. The fourth-order valence-corrected chi connectivity index (χ4v) is 1.57. The second-order valence-electron chi connectivity index (χ2n) is 3.66. The van der Waals surface area contributed by atoms with Crippen LogP contribution in [0.3, 0.4) is 0 Å². The summed E-state index contributed by atoms with van der Waals surface area (Å²) in [6.45, 7) is 2.03. The van der Waals surface area contributed by atoms with Crippen LogP contribution < -0.4 is 10.1 Å². The maximum atomic E-state index is 13.2. The summed E-state index contributed by atoms with van der Waals surface area (Å²) in [4.78, 5) is 0. The summed E-state index contributed by atoms with van der Waals surface area (Å²) in [5.41, 5.74) is 1.11. The number of halogens is 2. The third kappa shape index (κ3) is 2.58. The number of ether oxygens (including phenoxy) is 1. The van der Waals surface area contributed by atoms with Gasteiger partial charge in [0.05, 0.1) is 0 Å². The molecule has 4 heteroatoms. The van der Waals surface area contributed by atoms with E-state index in [1.807, 2.05) is 6.08 Å². The Morgan fingerprint density at radius 1 is 1.31 bits per heavy atom. The first kappa shape index (κ1) is 11.1. The highest BCUT2D eigenvalue weighted by atomic mass is 19.2. The zero-order chi connectivity index (χ0) is 11.4. The Morgan fingerprint density at radius 2 is 2.19 bits per heavy atom. The highest BCUT2D eigenvalue weighted by Gasteiger charge is 2.10. The minimum Gasteiger partial charge on any atom is -0.486 e. The first-order chi connectivity index (χ1) is 7.77. The van der Waals surface area contributed by atoms with Crippen LogP contribution in [0.25, 0.3) is 0 Å². The van der Waals surface area contributed by atoms with Gasteiger partial charge in [-0.15, -0.1) is 0 Å². The summed E-state index contributed by atoms with van der Waals surface area (Å²) in [5, 5.41) is 3.17. The summed E-state index contributed by atoms with van der Waals surface area (Å²) in [6, 6.07) is 3.94. The predicted octanol–water partition coefficient (Wildman–Crippen LogP) is 2.26. The SMILES string of the molecule is Fc1cccc(OCC2=CCNCC2)c1F. The molecule has 0 atom stereocenters. The Kier molecular flexibility index (Phi) is 3.51. The second-order valence-corrected chi connectivity index (χ2v) is 3.66. The van der Waals surface area contributed by atoms with Crippen LogP contribution >= 0.6 is 0 Å². The van der Waals surface area contributed by atoms with Crippen LogP contribution in [-0.4, -0.2) is 19.7 Å². The van der Waals surface area contributed by atoms with Crippen LogP contribution in [0.4, 0.5) is 8.78 Å². The Morgan fingerprint density at radius 3 is 2.94 bits per heavy atom. The van der Waals surface area contributed by atoms with E-state index in [2.05, 4.69) is 5.32 Å². The van der Waals surface area contributed by atoms with Gasteiger partial charge in [-0.05, 0) is 30.7 Å². The zero-order valence-electron chi connectivity index (χ0n) is 8.80. The normalized spacial score (nSPS) is 15.8. The lowest BCUT2D eigenvalue weighted by Crippen LogP contribution is -2.22. The predicted molar refractivity (Wildman–Crippen MR) is 57.4 cm³/mol. The smallest absolute Gasteiger partial charge is 0.200 e. The van der Waals surface area contributed by atoms with Crippen LogP contribution in [0.1, 0.15) is 6.42 Å². The van der Waals surface area contributed by atoms with Gasteiger partial charge in [0.25, 0.3) is 0 Å². The lowest BCUT2D eigenvalue weighted by atomic mass is 10.1. The fourth-order valence-electron chi connectivity index (χ4n) is 1.57. The molecule has 1 aliphatic rings. The molecular formula is C12H13F2NO. The molecular weight excluding hydrogens is 212 g/mol. The van der Waals surface area contributed by atoms with Crippen LogP contribution in [0.15, 0.2) is 29.8 Å². The van der Waals surface area contributed by atoms with Crippen LogP contribution in [0, 0.1) is 11.6 Å². The number of benzene rings is 1. The van der Waals surface area contributed by atoms with E-state index in [-0.39, 0.29) is 5.75 Å². The van der Waals surface area contributed by atoms with Gasteiger partial charge in [0.15, 0.2) is 11.6 Å². The minimum atomic E-state index is -0.919. The number of hydrogen-bond acceptors (Lipinski definition) is 2. The lowest BCUT2D eigenvalue weighted by Gasteiger charge is -2.15. The van der Waals surface area contributed by atoms with Gasteiger partial charge < -0.3 is 10.1 Å². The minimum absolute atomic E-state index is 0.0283. The van der Waals surface area contributed by atoms with Crippen molar-refractivity contribution in [2.45, 2.75) is 6.42 Å². The Balaban J connectivity index is 1.99. The van der Waals surface area contributed by atoms with E-state index >= 15 is 0 Å². The van der Waals surface area contributed by atoms with Gasteiger partial charge in [-0.25, -0.2) is 4.39 Å². The molecule has 16 heavy (non-hydrogen) atoms. The van der Waals surface area contributed by atoms with Gasteiger partial charge in [-0.2, -0.15) is 4.39 Å². The molecule has 0 unspecified atom stereocenters. The summed E-state index contributed by atoms with van der Waals surface area (Å²) in [7, 11) is 0. The van der Waals surface area contributed by atoms with Crippen molar-refractivity contribution in [1.82, 2.24) is 5.32 Å². The second kappa shape index (κ2) is 5.07. The van der Waals surface area contributed by atoms with E-state index < -0.39 is 11.6 Å². The quantitative estimate of drug-likeness (QED) is 0.797. The molecule has 86 valence electrons. The Labute approximate surface area is 92.9 Å². The highest BCUT2D eigenvalue weighted by Crippen LogP contribution is 2.20. The van der Waals surface area contributed by atoms with E-state index in [1.54, 1.807) is 0 Å². The third-order valence-corrected chi connectivity index (χ3v) is 2.49. The molecule has 1 aliphatic heterocycles. The fraction of sp³-hybridized carbons (Fsp3) is 0.333. The maximum absolute atomic E-state index is 13.2. The molecule has 0 spiro atoms. The van der Waals surface area contributed by atoms with Crippen LogP contribution in [-0.2, 0) is 0 Å². The largest absolute Gasteiger partial charge is 0.486 e. The monoisotopic (exact) mass is 225 g/mol. The van der Waals surface area contributed by atoms with Crippen molar-refractivity contribution in [2.24, 2.45) is 0 Å².